The average Bonchev–Trinajstić information content (AvgIpc) is 2.27. The van der Waals surface area contributed by atoms with Crippen molar-refractivity contribution in [1.29, 1.82) is 0 Å². The minimum absolute atomic E-state index is 0.219. The molecule has 0 aliphatic carbocycles. The van der Waals surface area contributed by atoms with Crippen LogP contribution >= 0.6 is 0 Å². The van der Waals surface area contributed by atoms with Crippen LogP contribution in [0.4, 0.5) is 0 Å². The van der Waals surface area contributed by atoms with E-state index in [1.165, 1.54) is 31.3 Å². The van der Waals surface area contributed by atoms with Crippen molar-refractivity contribution in [2.45, 2.75) is 51.2 Å². The predicted molar refractivity (Wildman–Crippen MR) is 50.1 cm³/mol. The summed E-state index contributed by atoms with van der Waals surface area (Å²) >= 11 is 0. The van der Waals surface area contributed by atoms with Crippen LogP contribution in [0, 0.1) is 5.92 Å². The lowest BCUT2D eigenvalue weighted by Crippen LogP contribution is -2.35. The van der Waals surface area contributed by atoms with E-state index in [2.05, 4.69) is 20.4 Å². The first-order chi connectivity index (χ1) is 5.61. The Hall–Kier alpha value is -0.300. The molecule has 0 aromatic heterocycles. The van der Waals surface area contributed by atoms with Crippen LogP contribution in [-0.2, 0) is 4.74 Å². The van der Waals surface area contributed by atoms with Crippen LogP contribution in [0.3, 0.4) is 0 Å². The van der Waals surface area contributed by atoms with E-state index in [1.807, 2.05) is 0 Å². The van der Waals surface area contributed by atoms with E-state index in [9.17, 15) is 0 Å². The van der Waals surface area contributed by atoms with E-state index >= 15 is 0 Å². The zero-order valence-corrected chi connectivity index (χ0v) is 8.10. The molecule has 0 amide bonds. The molecule has 68 valence electrons. The summed E-state index contributed by atoms with van der Waals surface area (Å²) in [6.07, 6.45) is 5.49. The molecule has 2 heterocycles. The third-order valence-corrected chi connectivity index (χ3v) is 3.46. The van der Waals surface area contributed by atoms with Gasteiger partial charge in [-0.3, -0.25) is 0 Å². The molecule has 0 aromatic rings. The van der Waals surface area contributed by atoms with E-state index in [1.54, 1.807) is 0 Å². The topological polar surface area (TPSA) is 9.23 Å². The molecule has 2 aliphatic heterocycles. The molecule has 2 rings (SSSR count). The summed E-state index contributed by atoms with van der Waals surface area (Å²) in [4.78, 5) is 0. The lowest BCUT2D eigenvalue weighted by atomic mass is 9.87. The Bertz CT molecular complexity index is 209. The van der Waals surface area contributed by atoms with Crippen molar-refractivity contribution in [3.8, 4) is 0 Å². The van der Waals surface area contributed by atoms with Crippen LogP contribution in [0.2, 0.25) is 0 Å². The highest BCUT2D eigenvalue weighted by Gasteiger charge is 2.44. The Morgan fingerprint density at radius 3 is 2.75 bits per heavy atom. The quantitative estimate of drug-likeness (QED) is 0.544. The molecule has 2 saturated heterocycles. The highest BCUT2D eigenvalue weighted by atomic mass is 16.5. The molecule has 1 nitrogen and oxygen atoms in total. The van der Waals surface area contributed by atoms with Gasteiger partial charge in [-0.15, -0.1) is 0 Å². The molecule has 2 fully saturated rings. The van der Waals surface area contributed by atoms with Gasteiger partial charge in [-0.2, -0.15) is 0 Å². The standard InChI is InChI=1S/C11H18O/c1-8(2)9-4-6-11(3)7-5-10(9)12-11/h9-10H,1,4-7H2,2-3H3. The normalized spacial score (nSPS) is 46.2. The fraction of sp³-hybridized carbons (Fsp3) is 0.818. The Kier molecular flexibility index (Phi) is 1.80. The van der Waals surface area contributed by atoms with Gasteiger partial charge < -0.3 is 4.74 Å². The van der Waals surface area contributed by atoms with Crippen LogP contribution in [0.5, 0.6) is 0 Å². The lowest BCUT2D eigenvalue weighted by molar-refractivity contribution is -0.0845. The molecule has 3 atom stereocenters. The van der Waals surface area contributed by atoms with Crippen molar-refractivity contribution < 1.29 is 4.74 Å². The second kappa shape index (κ2) is 2.59. The number of hydrogen-bond acceptors (Lipinski definition) is 1. The van der Waals surface area contributed by atoms with Crippen LogP contribution in [0.25, 0.3) is 0 Å². The third kappa shape index (κ3) is 1.20. The second-order valence-electron chi connectivity index (χ2n) is 4.64. The van der Waals surface area contributed by atoms with E-state index in [0.717, 1.165) is 0 Å². The highest BCUT2D eigenvalue weighted by molar-refractivity contribution is 5.06. The Morgan fingerprint density at radius 2 is 2.08 bits per heavy atom. The van der Waals surface area contributed by atoms with Crippen molar-refractivity contribution >= 4 is 0 Å². The Balaban J connectivity index is 2.11. The van der Waals surface area contributed by atoms with E-state index in [0.29, 0.717) is 12.0 Å². The first-order valence-corrected chi connectivity index (χ1v) is 4.94. The van der Waals surface area contributed by atoms with Gasteiger partial charge in [0.2, 0.25) is 0 Å². The zero-order valence-electron chi connectivity index (χ0n) is 8.10. The number of ether oxygens (including phenoxy) is 1. The van der Waals surface area contributed by atoms with Crippen LogP contribution in [0.1, 0.15) is 39.5 Å². The van der Waals surface area contributed by atoms with Crippen LogP contribution in [0.15, 0.2) is 12.2 Å². The summed E-state index contributed by atoms with van der Waals surface area (Å²) < 4.78 is 6.00. The molecular weight excluding hydrogens is 148 g/mol. The first kappa shape index (κ1) is 8.31. The summed E-state index contributed by atoms with van der Waals surface area (Å²) in [7, 11) is 0. The molecule has 0 aromatic carbocycles. The summed E-state index contributed by atoms with van der Waals surface area (Å²) in [5.41, 5.74) is 1.53. The minimum atomic E-state index is 0.219. The molecule has 1 heteroatoms. The van der Waals surface area contributed by atoms with E-state index in [-0.39, 0.29) is 5.60 Å². The molecule has 0 saturated carbocycles. The molecule has 0 N–H and O–H groups in total. The molecule has 3 unspecified atom stereocenters. The minimum Gasteiger partial charge on any atom is -0.371 e. The zero-order chi connectivity index (χ0) is 8.77. The van der Waals surface area contributed by atoms with Crippen molar-refractivity contribution in [2.75, 3.05) is 0 Å². The molecular formula is C11H18O. The fourth-order valence-corrected chi connectivity index (χ4v) is 2.61. The maximum atomic E-state index is 6.00. The van der Waals surface area contributed by atoms with Crippen LogP contribution in [-0.4, -0.2) is 11.7 Å². The van der Waals surface area contributed by atoms with E-state index in [4.69, 9.17) is 4.74 Å². The van der Waals surface area contributed by atoms with Gasteiger partial charge in [0.15, 0.2) is 0 Å². The van der Waals surface area contributed by atoms with Gasteiger partial charge in [0.1, 0.15) is 0 Å². The Morgan fingerprint density at radius 1 is 1.42 bits per heavy atom. The second-order valence-corrected chi connectivity index (χ2v) is 4.64. The highest BCUT2D eigenvalue weighted by Crippen LogP contribution is 2.45. The molecule has 2 aliphatic rings. The smallest absolute Gasteiger partial charge is 0.0659 e. The summed E-state index contributed by atoms with van der Waals surface area (Å²) in [5, 5.41) is 0. The first-order valence-electron chi connectivity index (χ1n) is 4.94. The van der Waals surface area contributed by atoms with Gasteiger partial charge >= 0.3 is 0 Å². The van der Waals surface area contributed by atoms with Gasteiger partial charge in [-0.05, 0) is 39.5 Å². The van der Waals surface area contributed by atoms with Crippen molar-refractivity contribution in [3.05, 3.63) is 12.2 Å². The molecule has 2 bridgehead atoms. The monoisotopic (exact) mass is 166 g/mol. The largest absolute Gasteiger partial charge is 0.371 e. The lowest BCUT2D eigenvalue weighted by Gasteiger charge is -2.35. The third-order valence-electron chi connectivity index (χ3n) is 3.46. The van der Waals surface area contributed by atoms with Crippen molar-refractivity contribution in [1.82, 2.24) is 0 Å². The number of fused-ring (bicyclic) bond motifs is 2. The summed E-state index contributed by atoms with van der Waals surface area (Å²) in [6, 6.07) is 0. The molecule has 0 spiro atoms. The number of rotatable bonds is 1. The van der Waals surface area contributed by atoms with Gasteiger partial charge in [-0.1, -0.05) is 12.2 Å². The molecule has 0 radical (unpaired) electrons. The van der Waals surface area contributed by atoms with Crippen LogP contribution < -0.4 is 0 Å². The summed E-state index contributed by atoms with van der Waals surface area (Å²) in [5.74, 6) is 0.639. The predicted octanol–water partition coefficient (Wildman–Crippen LogP) is 2.91. The summed E-state index contributed by atoms with van der Waals surface area (Å²) in [6.45, 7) is 8.42. The SMILES string of the molecule is C=C(C)C1CCC2(C)CCC1O2. The molecule has 12 heavy (non-hydrogen) atoms. The van der Waals surface area contributed by atoms with Gasteiger partial charge in [-0.25, -0.2) is 0 Å². The average molecular weight is 166 g/mol. The van der Waals surface area contributed by atoms with Crippen molar-refractivity contribution in [2.24, 2.45) is 5.92 Å². The Labute approximate surface area is 74.8 Å². The van der Waals surface area contributed by atoms with Gasteiger partial charge in [0.05, 0.1) is 11.7 Å². The van der Waals surface area contributed by atoms with E-state index < -0.39 is 0 Å². The maximum absolute atomic E-state index is 6.00. The van der Waals surface area contributed by atoms with Gasteiger partial charge in [0.25, 0.3) is 0 Å². The van der Waals surface area contributed by atoms with Crippen molar-refractivity contribution in [3.63, 3.8) is 0 Å². The maximum Gasteiger partial charge on any atom is 0.0659 e. The van der Waals surface area contributed by atoms with Gasteiger partial charge in [0, 0.05) is 5.92 Å². The number of hydrogen-bond donors (Lipinski definition) is 0. The fourth-order valence-electron chi connectivity index (χ4n) is 2.61.